The predicted octanol–water partition coefficient (Wildman–Crippen LogP) is 0.0367. The van der Waals surface area contributed by atoms with E-state index < -0.39 is 6.04 Å². The van der Waals surface area contributed by atoms with E-state index >= 15 is 0 Å². The maximum absolute atomic E-state index is 10.8. The Morgan fingerprint density at radius 1 is 1.67 bits per heavy atom. The van der Waals surface area contributed by atoms with Crippen LogP contribution in [0.2, 0.25) is 0 Å². The molecule has 3 N–H and O–H groups in total. The van der Waals surface area contributed by atoms with Crippen LogP contribution in [0.15, 0.2) is 0 Å². The minimum atomic E-state index is -0.459. The molecule has 0 saturated heterocycles. The molecule has 0 aliphatic heterocycles. The van der Waals surface area contributed by atoms with E-state index in [1.54, 1.807) is 0 Å². The number of hydrogen-bond acceptors (Lipinski definition) is 4. The van der Waals surface area contributed by atoms with Crippen molar-refractivity contribution in [1.29, 1.82) is 0 Å². The molecule has 1 unspecified atom stereocenters. The zero-order chi connectivity index (χ0) is 9.40. The number of carbonyl (C=O) groups is 1. The van der Waals surface area contributed by atoms with Gasteiger partial charge in [-0.05, 0) is 19.4 Å². The summed E-state index contributed by atoms with van der Waals surface area (Å²) in [5.74, 6) is -0.325. The van der Waals surface area contributed by atoms with Crippen LogP contribution in [0.3, 0.4) is 0 Å². The van der Waals surface area contributed by atoms with Crippen LogP contribution in [0, 0.1) is 0 Å². The van der Waals surface area contributed by atoms with Gasteiger partial charge in [-0.25, -0.2) is 0 Å². The first-order valence-corrected chi connectivity index (χ1v) is 4.57. The van der Waals surface area contributed by atoms with Gasteiger partial charge in [0, 0.05) is 0 Å². The zero-order valence-electron chi connectivity index (χ0n) is 7.38. The second-order valence-corrected chi connectivity index (χ2v) is 2.99. The monoisotopic (exact) mass is 192 g/mol. The van der Waals surface area contributed by atoms with Crippen molar-refractivity contribution in [3.05, 3.63) is 0 Å². The van der Waals surface area contributed by atoms with Crippen molar-refractivity contribution in [2.75, 3.05) is 13.7 Å². The lowest BCUT2D eigenvalue weighted by Crippen LogP contribution is -2.31. The lowest BCUT2D eigenvalue weighted by Gasteiger charge is -2.07. The van der Waals surface area contributed by atoms with Crippen molar-refractivity contribution in [2.24, 2.45) is 5.73 Å². The summed E-state index contributed by atoms with van der Waals surface area (Å²) >= 11 is 0. The van der Waals surface area contributed by atoms with Crippen LogP contribution in [-0.2, 0) is 9.53 Å². The highest BCUT2D eigenvalue weighted by Gasteiger charge is 2.11. The highest BCUT2D eigenvalue weighted by Crippen LogP contribution is 1.99. The molecule has 0 fully saturated rings. The van der Waals surface area contributed by atoms with Gasteiger partial charge < -0.3 is 15.6 Å². The first-order valence-electron chi connectivity index (χ1n) is 3.99. The first-order chi connectivity index (χ1) is 5.72. The fraction of sp³-hybridized carbons (Fsp3) is 0.857. The quantitative estimate of drug-likeness (QED) is 0.354. The van der Waals surface area contributed by atoms with Crippen LogP contribution in [0.4, 0.5) is 0 Å². The molecule has 4 nitrogen and oxygen atoms in total. The average molecular weight is 192 g/mol. The summed E-state index contributed by atoms with van der Waals surface area (Å²) in [5, 5.41) is 2.94. The number of rotatable bonds is 6. The highest BCUT2D eigenvalue weighted by molar-refractivity contribution is 7.13. The number of esters is 1. The largest absolute Gasteiger partial charge is 0.468 e. The third kappa shape index (κ3) is 5.47. The fourth-order valence-electron chi connectivity index (χ4n) is 0.861. The van der Waals surface area contributed by atoms with Crippen LogP contribution in [0.25, 0.3) is 0 Å². The number of ether oxygens (including phenoxy) is 1. The van der Waals surface area contributed by atoms with E-state index in [0.29, 0.717) is 6.42 Å². The lowest BCUT2D eigenvalue weighted by molar-refractivity contribution is -0.142. The van der Waals surface area contributed by atoms with Gasteiger partial charge in [-0.3, -0.25) is 4.79 Å². The van der Waals surface area contributed by atoms with E-state index in [1.165, 1.54) is 7.11 Å². The molecule has 5 heteroatoms. The van der Waals surface area contributed by atoms with Gasteiger partial charge in [0.1, 0.15) is 6.04 Å². The SMILES string of the molecule is COC(=O)[C@H](N)CCCCNP. The second-order valence-electron chi connectivity index (χ2n) is 2.58. The van der Waals surface area contributed by atoms with E-state index in [4.69, 9.17) is 5.73 Å². The lowest BCUT2D eigenvalue weighted by atomic mass is 10.1. The summed E-state index contributed by atoms with van der Waals surface area (Å²) in [6.45, 7) is 0.929. The molecular weight excluding hydrogens is 175 g/mol. The Morgan fingerprint density at radius 3 is 2.83 bits per heavy atom. The van der Waals surface area contributed by atoms with E-state index in [0.717, 1.165) is 19.4 Å². The molecule has 0 aromatic carbocycles. The average Bonchev–Trinajstić information content (AvgIpc) is 2.10. The van der Waals surface area contributed by atoms with Gasteiger partial charge in [0.25, 0.3) is 0 Å². The molecule has 0 aliphatic carbocycles. The van der Waals surface area contributed by atoms with Gasteiger partial charge in [0.2, 0.25) is 0 Å². The third-order valence-corrected chi connectivity index (χ3v) is 1.88. The number of unbranched alkanes of at least 4 members (excludes halogenated alkanes) is 1. The van der Waals surface area contributed by atoms with Crippen LogP contribution < -0.4 is 10.8 Å². The fourth-order valence-corrected chi connectivity index (χ4v) is 1.06. The smallest absolute Gasteiger partial charge is 0.322 e. The van der Waals surface area contributed by atoms with Gasteiger partial charge >= 0.3 is 5.97 Å². The van der Waals surface area contributed by atoms with Gasteiger partial charge in [-0.15, -0.1) is 0 Å². The molecule has 0 bridgehead atoms. The summed E-state index contributed by atoms with van der Waals surface area (Å²) in [4.78, 5) is 10.8. The van der Waals surface area contributed by atoms with Gasteiger partial charge in [0.15, 0.2) is 0 Å². The maximum Gasteiger partial charge on any atom is 0.322 e. The van der Waals surface area contributed by atoms with E-state index in [9.17, 15) is 4.79 Å². The van der Waals surface area contributed by atoms with Crippen LogP contribution in [-0.4, -0.2) is 25.7 Å². The number of carbonyl (C=O) groups excluding carboxylic acids is 1. The van der Waals surface area contributed by atoms with Crippen LogP contribution in [0.5, 0.6) is 0 Å². The van der Waals surface area contributed by atoms with E-state index in [1.807, 2.05) is 0 Å². The Kier molecular flexibility index (Phi) is 7.36. The summed E-state index contributed by atoms with van der Waals surface area (Å²) in [7, 11) is 3.78. The standard InChI is InChI=1S/C7H17N2O2P/c1-11-7(10)6(8)4-2-3-5-9-12/h6,9H,2-5,8,12H2,1H3/t6-/m1/s1. The Morgan fingerprint density at radius 2 is 2.33 bits per heavy atom. The van der Waals surface area contributed by atoms with Crippen molar-refractivity contribution in [3.63, 3.8) is 0 Å². The minimum absolute atomic E-state index is 0.325. The number of methoxy groups -OCH3 is 1. The van der Waals surface area contributed by atoms with Gasteiger partial charge in [-0.2, -0.15) is 0 Å². The Hall–Kier alpha value is -0.180. The number of nitrogens with one attached hydrogen (secondary N) is 1. The van der Waals surface area contributed by atoms with Crippen molar-refractivity contribution in [1.82, 2.24) is 5.09 Å². The third-order valence-electron chi connectivity index (χ3n) is 1.59. The topological polar surface area (TPSA) is 64.3 Å². The normalized spacial score (nSPS) is 12.6. The molecule has 0 saturated carbocycles. The molecule has 0 radical (unpaired) electrons. The Balaban J connectivity index is 3.31. The molecule has 0 spiro atoms. The summed E-state index contributed by atoms with van der Waals surface area (Å²) in [6.07, 6.45) is 2.66. The molecule has 0 aromatic rings. The summed E-state index contributed by atoms with van der Waals surface area (Å²) in [5.41, 5.74) is 5.51. The molecule has 2 atom stereocenters. The molecule has 0 aromatic heterocycles. The van der Waals surface area contributed by atoms with Crippen molar-refractivity contribution in [3.8, 4) is 0 Å². The molecular formula is C7H17N2O2P. The van der Waals surface area contributed by atoms with E-state index in [2.05, 4.69) is 19.2 Å². The molecule has 0 aliphatic rings. The van der Waals surface area contributed by atoms with Crippen LogP contribution in [0.1, 0.15) is 19.3 Å². The van der Waals surface area contributed by atoms with Crippen molar-refractivity contribution < 1.29 is 9.53 Å². The minimum Gasteiger partial charge on any atom is -0.468 e. The maximum atomic E-state index is 10.8. The predicted molar refractivity (Wildman–Crippen MR) is 51.6 cm³/mol. The summed E-state index contributed by atoms with van der Waals surface area (Å²) < 4.78 is 4.49. The van der Waals surface area contributed by atoms with Gasteiger partial charge in [-0.1, -0.05) is 15.8 Å². The Labute approximate surface area is 75.5 Å². The van der Waals surface area contributed by atoms with Gasteiger partial charge in [0.05, 0.1) is 7.11 Å². The molecule has 0 rings (SSSR count). The second kappa shape index (κ2) is 7.47. The molecule has 12 heavy (non-hydrogen) atoms. The first kappa shape index (κ1) is 11.8. The molecule has 0 amide bonds. The highest BCUT2D eigenvalue weighted by atomic mass is 31.0. The molecule has 0 heterocycles. The van der Waals surface area contributed by atoms with E-state index in [-0.39, 0.29) is 5.97 Å². The van der Waals surface area contributed by atoms with Crippen molar-refractivity contribution >= 4 is 15.4 Å². The number of hydrogen-bond donors (Lipinski definition) is 2. The number of nitrogens with two attached hydrogens (primary N) is 1. The Bertz CT molecular complexity index is 133. The summed E-state index contributed by atoms with van der Waals surface area (Å²) in [6, 6.07) is -0.459. The molecule has 72 valence electrons. The van der Waals surface area contributed by atoms with Crippen LogP contribution >= 0.6 is 9.39 Å². The van der Waals surface area contributed by atoms with Crippen molar-refractivity contribution in [2.45, 2.75) is 25.3 Å². The zero-order valence-corrected chi connectivity index (χ0v) is 8.53.